The summed E-state index contributed by atoms with van der Waals surface area (Å²) in [5.41, 5.74) is 2.49. The van der Waals surface area contributed by atoms with Gasteiger partial charge in [-0.3, -0.25) is 9.59 Å². The first kappa shape index (κ1) is 19.3. The third kappa shape index (κ3) is 4.65. The van der Waals surface area contributed by atoms with Crippen LogP contribution in [-0.2, 0) is 4.79 Å². The van der Waals surface area contributed by atoms with Gasteiger partial charge in [0.15, 0.2) is 5.78 Å². The summed E-state index contributed by atoms with van der Waals surface area (Å²) in [5.74, 6) is -0.696. The van der Waals surface area contributed by atoms with Gasteiger partial charge >= 0.3 is 0 Å². The molecule has 0 unspecified atom stereocenters. The standard InChI is InChI=1S/C22H17BrClNO2/c1-14(22(27)25-20-11-10-18(23)13-19(20)24)16-8-5-9-17(12-16)21(26)15-6-3-2-4-7-15/h2-14H,1H3,(H,25,27)/t14-/m1/s1. The van der Waals surface area contributed by atoms with E-state index in [2.05, 4.69) is 21.2 Å². The maximum absolute atomic E-state index is 12.6. The summed E-state index contributed by atoms with van der Waals surface area (Å²) >= 11 is 9.51. The Labute approximate surface area is 171 Å². The van der Waals surface area contributed by atoms with E-state index < -0.39 is 5.92 Å². The minimum absolute atomic E-state index is 0.0685. The van der Waals surface area contributed by atoms with Crippen molar-refractivity contribution in [3.05, 3.63) is 99.0 Å². The third-order valence-corrected chi connectivity index (χ3v) is 5.07. The summed E-state index contributed by atoms with van der Waals surface area (Å²) in [6.07, 6.45) is 0. The van der Waals surface area contributed by atoms with Gasteiger partial charge in [-0.05, 0) is 36.8 Å². The Balaban J connectivity index is 1.79. The van der Waals surface area contributed by atoms with Crippen LogP contribution in [0.4, 0.5) is 5.69 Å². The molecule has 1 atom stereocenters. The lowest BCUT2D eigenvalue weighted by molar-refractivity contribution is -0.117. The van der Waals surface area contributed by atoms with Crippen LogP contribution in [0.25, 0.3) is 0 Å². The molecule has 0 aliphatic heterocycles. The molecule has 3 nitrogen and oxygen atoms in total. The molecular weight excluding hydrogens is 426 g/mol. The van der Waals surface area contributed by atoms with Gasteiger partial charge in [0.05, 0.1) is 16.6 Å². The van der Waals surface area contributed by atoms with Crippen molar-refractivity contribution in [1.82, 2.24) is 0 Å². The molecule has 0 aromatic heterocycles. The summed E-state index contributed by atoms with van der Waals surface area (Å²) in [4.78, 5) is 25.3. The third-order valence-electron chi connectivity index (χ3n) is 4.27. The van der Waals surface area contributed by atoms with Crippen LogP contribution in [0.5, 0.6) is 0 Å². The fourth-order valence-electron chi connectivity index (χ4n) is 2.69. The van der Waals surface area contributed by atoms with Gasteiger partial charge < -0.3 is 5.32 Å². The summed E-state index contributed by atoms with van der Waals surface area (Å²) in [5, 5.41) is 3.30. The lowest BCUT2D eigenvalue weighted by Gasteiger charge is -2.14. The van der Waals surface area contributed by atoms with Crippen molar-refractivity contribution in [2.24, 2.45) is 0 Å². The Morgan fingerprint density at radius 1 is 0.926 bits per heavy atom. The Bertz CT molecular complexity index is 989. The first-order valence-electron chi connectivity index (χ1n) is 8.41. The molecule has 0 radical (unpaired) electrons. The molecule has 5 heteroatoms. The number of anilines is 1. The SMILES string of the molecule is C[C@@H](C(=O)Nc1ccc(Br)cc1Cl)c1cccc(C(=O)c2ccccc2)c1. The Morgan fingerprint density at radius 3 is 2.33 bits per heavy atom. The van der Waals surface area contributed by atoms with Crippen LogP contribution >= 0.6 is 27.5 Å². The van der Waals surface area contributed by atoms with Crippen LogP contribution in [0.15, 0.2) is 77.3 Å². The van der Waals surface area contributed by atoms with Gasteiger partial charge in [0.2, 0.25) is 5.91 Å². The summed E-state index contributed by atoms with van der Waals surface area (Å²) in [7, 11) is 0. The van der Waals surface area contributed by atoms with E-state index in [9.17, 15) is 9.59 Å². The largest absolute Gasteiger partial charge is 0.324 e. The predicted molar refractivity (Wildman–Crippen MR) is 113 cm³/mol. The highest BCUT2D eigenvalue weighted by molar-refractivity contribution is 9.10. The number of rotatable bonds is 5. The molecule has 136 valence electrons. The van der Waals surface area contributed by atoms with E-state index in [4.69, 9.17) is 11.6 Å². The minimum Gasteiger partial charge on any atom is -0.324 e. The van der Waals surface area contributed by atoms with Crippen LogP contribution in [-0.4, -0.2) is 11.7 Å². The smallest absolute Gasteiger partial charge is 0.231 e. The monoisotopic (exact) mass is 441 g/mol. The lowest BCUT2D eigenvalue weighted by Crippen LogP contribution is -2.19. The molecule has 0 saturated heterocycles. The maximum atomic E-state index is 12.6. The topological polar surface area (TPSA) is 46.2 Å². The van der Waals surface area contributed by atoms with Gasteiger partial charge in [0, 0.05) is 15.6 Å². The van der Waals surface area contributed by atoms with E-state index in [0.29, 0.717) is 21.8 Å². The number of nitrogens with one attached hydrogen (secondary N) is 1. The summed E-state index contributed by atoms with van der Waals surface area (Å²) in [6.45, 7) is 1.80. The Hall–Kier alpha value is -2.43. The molecule has 0 heterocycles. The van der Waals surface area contributed by atoms with Crippen molar-refractivity contribution in [2.45, 2.75) is 12.8 Å². The van der Waals surface area contributed by atoms with Gasteiger partial charge in [-0.15, -0.1) is 0 Å². The van der Waals surface area contributed by atoms with Gasteiger partial charge in [0.25, 0.3) is 0 Å². The molecule has 0 saturated carbocycles. The molecule has 0 aliphatic rings. The van der Waals surface area contributed by atoms with Crippen molar-refractivity contribution in [3.63, 3.8) is 0 Å². The minimum atomic E-state index is -0.437. The summed E-state index contributed by atoms with van der Waals surface area (Å²) in [6, 6.07) is 21.5. The van der Waals surface area contributed by atoms with Gasteiger partial charge in [0.1, 0.15) is 0 Å². The van der Waals surface area contributed by atoms with Crippen LogP contribution in [0.3, 0.4) is 0 Å². The molecule has 0 aliphatic carbocycles. The second-order valence-corrected chi connectivity index (χ2v) is 7.48. The predicted octanol–water partition coefficient (Wildman–Crippen LogP) is 6.08. The number of benzene rings is 3. The van der Waals surface area contributed by atoms with E-state index in [1.807, 2.05) is 30.3 Å². The molecule has 1 N–H and O–H groups in total. The molecule has 3 aromatic rings. The highest BCUT2D eigenvalue weighted by Crippen LogP contribution is 2.27. The quantitative estimate of drug-likeness (QED) is 0.487. The van der Waals surface area contributed by atoms with Crippen molar-refractivity contribution < 1.29 is 9.59 Å². The molecule has 0 spiro atoms. The highest BCUT2D eigenvalue weighted by Gasteiger charge is 2.18. The van der Waals surface area contributed by atoms with Crippen molar-refractivity contribution in [2.75, 3.05) is 5.32 Å². The second kappa shape index (κ2) is 8.51. The fraction of sp³-hybridized carbons (Fsp3) is 0.0909. The molecule has 3 rings (SSSR count). The Morgan fingerprint density at radius 2 is 1.63 bits per heavy atom. The Kier molecular flexibility index (Phi) is 6.09. The van der Waals surface area contributed by atoms with Crippen LogP contribution in [0.2, 0.25) is 5.02 Å². The number of halogens is 2. The first-order valence-corrected chi connectivity index (χ1v) is 9.58. The van der Waals surface area contributed by atoms with Crippen LogP contribution < -0.4 is 5.32 Å². The fourth-order valence-corrected chi connectivity index (χ4v) is 3.41. The second-order valence-electron chi connectivity index (χ2n) is 6.16. The van der Waals surface area contributed by atoms with Crippen molar-refractivity contribution in [1.29, 1.82) is 0 Å². The number of hydrogen-bond acceptors (Lipinski definition) is 2. The van der Waals surface area contributed by atoms with Gasteiger partial charge in [-0.2, -0.15) is 0 Å². The zero-order chi connectivity index (χ0) is 19.4. The van der Waals surface area contributed by atoms with Gasteiger partial charge in [-0.1, -0.05) is 76.1 Å². The lowest BCUT2D eigenvalue weighted by atomic mass is 9.95. The number of ketones is 1. The number of hydrogen-bond donors (Lipinski definition) is 1. The number of carbonyl (C=O) groups is 2. The molecule has 3 aromatic carbocycles. The number of carbonyl (C=O) groups excluding carboxylic acids is 2. The van der Waals surface area contributed by atoms with Gasteiger partial charge in [-0.25, -0.2) is 0 Å². The molecule has 0 bridgehead atoms. The average molecular weight is 443 g/mol. The molecule has 27 heavy (non-hydrogen) atoms. The highest BCUT2D eigenvalue weighted by atomic mass is 79.9. The number of amides is 1. The zero-order valence-electron chi connectivity index (χ0n) is 14.6. The van der Waals surface area contributed by atoms with Crippen LogP contribution in [0.1, 0.15) is 34.3 Å². The van der Waals surface area contributed by atoms with E-state index >= 15 is 0 Å². The van der Waals surface area contributed by atoms with Crippen molar-refractivity contribution in [3.8, 4) is 0 Å². The van der Waals surface area contributed by atoms with E-state index in [1.54, 1.807) is 49.4 Å². The summed E-state index contributed by atoms with van der Waals surface area (Å²) < 4.78 is 0.839. The molecular formula is C22H17BrClNO2. The average Bonchev–Trinajstić information content (AvgIpc) is 2.69. The van der Waals surface area contributed by atoms with E-state index in [0.717, 1.165) is 10.0 Å². The van der Waals surface area contributed by atoms with Crippen LogP contribution in [0, 0.1) is 0 Å². The van der Waals surface area contributed by atoms with Crippen molar-refractivity contribution >= 4 is 44.9 Å². The first-order chi connectivity index (χ1) is 13.0. The molecule has 0 fully saturated rings. The maximum Gasteiger partial charge on any atom is 0.231 e. The van der Waals surface area contributed by atoms with E-state index in [1.165, 1.54) is 0 Å². The zero-order valence-corrected chi connectivity index (χ0v) is 16.9. The normalized spacial score (nSPS) is 11.7. The molecule has 1 amide bonds. The van der Waals surface area contributed by atoms with E-state index in [-0.39, 0.29) is 11.7 Å².